The molecule has 3 aromatic rings. The van der Waals surface area contributed by atoms with E-state index in [9.17, 15) is 9.59 Å². The molecule has 0 radical (unpaired) electrons. The highest BCUT2D eigenvalue weighted by Crippen LogP contribution is 2.32. The summed E-state index contributed by atoms with van der Waals surface area (Å²) in [5, 5.41) is 6.05. The Morgan fingerprint density at radius 3 is 2.50 bits per heavy atom. The molecule has 0 bridgehead atoms. The fourth-order valence-electron chi connectivity index (χ4n) is 2.50. The molecule has 3 amide bonds. The molecule has 30 heavy (non-hydrogen) atoms. The van der Waals surface area contributed by atoms with Crippen molar-refractivity contribution >= 4 is 65.0 Å². The van der Waals surface area contributed by atoms with E-state index in [-0.39, 0.29) is 11.6 Å². The summed E-state index contributed by atoms with van der Waals surface area (Å²) in [6.45, 7) is 0. The summed E-state index contributed by atoms with van der Waals surface area (Å²) >= 11 is 16.1. The zero-order valence-electron chi connectivity index (χ0n) is 15.6. The number of aromatic nitrogens is 1. The third kappa shape index (κ3) is 5.15. The van der Waals surface area contributed by atoms with Crippen LogP contribution in [0.2, 0.25) is 10.0 Å². The van der Waals surface area contributed by atoms with Crippen LogP contribution in [0.1, 0.15) is 10.4 Å². The Labute approximate surface area is 188 Å². The van der Waals surface area contributed by atoms with Crippen LogP contribution in [0.4, 0.5) is 21.9 Å². The summed E-state index contributed by atoms with van der Waals surface area (Å²) in [6, 6.07) is 12.2. The highest BCUT2D eigenvalue weighted by molar-refractivity contribution is 7.82. The van der Waals surface area contributed by atoms with Gasteiger partial charge >= 0.3 is 6.03 Å². The Morgan fingerprint density at radius 2 is 1.83 bits per heavy atom. The summed E-state index contributed by atoms with van der Waals surface area (Å²) < 4.78 is 6.33. The number of carbonyl (C=O) groups is 2. The second-order valence-electron chi connectivity index (χ2n) is 5.95. The van der Waals surface area contributed by atoms with Crippen LogP contribution in [0.15, 0.2) is 60.9 Å². The number of methoxy groups -OCH3 is 1. The van der Waals surface area contributed by atoms with E-state index in [1.54, 1.807) is 42.6 Å². The molecule has 3 rings (SSSR count). The minimum absolute atomic E-state index is 0.275. The number of amides is 3. The number of pyridine rings is 1. The van der Waals surface area contributed by atoms with Crippen molar-refractivity contribution in [2.45, 2.75) is 0 Å². The predicted octanol–water partition coefficient (Wildman–Crippen LogP) is 5.53. The lowest BCUT2D eigenvalue weighted by Gasteiger charge is -2.20. The minimum Gasteiger partial charge on any atom is -0.495 e. The number of urea groups is 1. The van der Waals surface area contributed by atoms with Crippen molar-refractivity contribution < 1.29 is 14.3 Å². The molecule has 0 aliphatic heterocycles. The topological polar surface area (TPSA) is 83.6 Å². The van der Waals surface area contributed by atoms with Crippen molar-refractivity contribution in [3.8, 4) is 5.75 Å². The number of benzene rings is 2. The maximum absolute atomic E-state index is 12.6. The van der Waals surface area contributed by atoms with Gasteiger partial charge in [-0.25, -0.2) is 9.10 Å². The molecular formula is C20H16Cl2N4O3S. The zero-order chi connectivity index (χ0) is 21.7. The van der Waals surface area contributed by atoms with Gasteiger partial charge in [-0.2, -0.15) is 0 Å². The van der Waals surface area contributed by atoms with Gasteiger partial charge < -0.3 is 15.4 Å². The normalized spacial score (nSPS) is 10.3. The fourth-order valence-corrected chi connectivity index (χ4v) is 3.00. The molecule has 0 aliphatic rings. The van der Waals surface area contributed by atoms with Gasteiger partial charge in [-0.1, -0.05) is 36.0 Å². The molecule has 0 atom stereocenters. The number of nitrogens with zero attached hydrogens (tertiary/aromatic N) is 2. The summed E-state index contributed by atoms with van der Waals surface area (Å²) in [4.78, 5) is 29.2. The average molecular weight is 463 g/mol. The molecule has 7 nitrogen and oxygen atoms in total. The van der Waals surface area contributed by atoms with Gasteiger partial charge in [0.2, 0.25) is 0 Å². The van der Waals surface area contributed by atoms with E-state index < -0.39 is 6.03 Å². The van der Waals surface area contributed by atoms with E-state index in [0.29, 0.717) is 32.7 Å². The lowest BCUT2D eigenvalue weighted by Crippen LogP contribution is -2.27. The Kier molecular flexibility index (Phi) is 7.04. The van der Waals surface area contributed by atoms with Crippen LogP contribution in [0, 0.1) is 0 Å². The number of nitrogens with one attached hydrogen (secondary N) is 2. The number of halogens is 2. The van der Waals surface area contributed by atoms with E-state index in [1.165, 1.54) is 25.4 Å². The lowest BCUT2D eigenvalue weighted by atomic mass is 10.1. The first-order chi connectivity index (χ1) is 14.4. The van der Waals surface area contributed by atoms with Gasteiger partial charge in [0.1, 0.15) is 5.75 Å². The number of carbonyl (C=O) groups excluding carboxylic acids is 2. The second kappa shape index (κ2) is 9.71. The van der Waals surface area contributed by atoms with Crippen molar-refractivity contribution in [1.29, 1.82) is 0 Å². The van der Waals surface area contributed by atoms with Gasteiger partial charge in [0, 0.05) is 17.4 Å². The van der Waals surface area contributed by atoms with Gasteiger partial charge in [0.15, 0.2) is 0 Å². The van der Waals surface area contributed by atoms with Crippen LogP contribution in [-0.4, -0.2) is 24.0 Å². The van der Waals surface area contributed by atoms with Crippen molar-refractivity contribution in [3.05, 3.63) is 76.5 Å². The predicted molar refractivity (Wildman–Crippen MR) is 122 cm³/mol. The quantitative estimate of drug-likeness (QED) is 0.435. The summed E-state index contributed by atoms with van der Waals surface area (Å²) in [7, 11) is 1.45. The number of hydrogen-bond acceptors (Lipinski definition) is 5. The number of ether oxygens (including phenoxy) is 1. The van der Waals surface area contributed by atoms with E-state index in [0.717, 1.165) is 4.31 Å². The SMILES string of the molecule is COc1ccc(C(=O)Nc2cccnc2)cc1N(S)C(=O)Nc1ccc(Cl)c(Cl)c1. The van der Waals surface area contributed by atoms with Crippen LogP contribution >= 0.6 is 36.0 Å². The third-order valence-corrected chi connectivity index (χ3v) is 5.09. The smallest absolute Gasteiger partial charge is 0.336 e. The van der Waals surface area contributed by atoms with Gasteiger partial charge in [-0.15, -0.1) is 0 Å². The maximum Gasteiger partial charge on any atom is 0.336 e. The molecule has 0 fully saturated rings. The molecule has 10 heteroatoms. The Bertz CT molecular complexity index is 1080. The van der Waals surface area contributed by atoms with E-state index in [1.807, 2.05) is 0 Å². The molecule has 0 unspecified atom stereocenters. The summed E-state index contributed by atoms with van der Waals surface area (Å²) in [5.74, 6) is -0.0225. The molecule has 0 spiro atoms. The van der Waals surface area contributed by atoms with Crippen molar-refractivity contribution in [3.63, 3.8) is 0 Å². The van der Waals surface area contributed by atoms with Crippen molar-refractivity contribution in [2.75, 3.05) is 22.0 Å². The highest BCUT2D eigenvalue weighted by Gasteiger charge is 2.19. The Morgan fingerprint density at radius 1 is 1.03 bits per heavy atom. The fraction of sp³-hybridized carbons (Fsp3) is 0.0500. The van der Waals surface area contributed by atoms with Crippen LogP contribution in [0.5, 0.6) is 5.75 Å². The maximum atomic E-state index is 12.6. The average Bonchev–Trinajstić information content (AvgIpc) is 2.76. The third-order valence-electron chi connectivity index (χ3n) is 3.95. The van der Waals surface area contributed by atoms with Crippen molar-refractivity contribution in [1.82, 2.24) is 4.98 Å². The highest BCUT2D eigenvalue weighted by atomic mass is 35.5. The Hall–Kier alpha value is -2.94. The largest absolute Gasteiger partial charge is 0.495 e. The van der Waals surface area contributed by atoms with E-state index in [4.69, 9.17) is 27.9 Å². The van der Waals surface area contributed by atoms with E-state index in [2.05, 4.69) is 28.4 Å². The summed E-state index contributed by atoms with van der Waals surface area (Å²) in [6.07, 6.45) is 3.13. The molecule has 154 valence electrons. The molecule has 2 aromatic carbocycles. The number of hydrogen-bond donors (Lipinski definition) is 3. The van der Waals surface area contributed by atoms with Crippen LogP contribution in [-0.2, 0) is 0 Å². The van der Waals surface area contributed by atoms with Crippen LogP contribution < -0.4 is 19.7 Å². The Balaban J connectivity index is 1.82. The molecule has 2 N–H and O–H groups in total. The molecular weight excluding hydrogens is 447 g/mol. The van der Waals surface area contributed by atoms with Crippen LogP contribution in [0.25, 0.3) is 0 Å². The molecule has 0 saturated carbocycles. The first-order valence-electron chi connectivity index (χ1n) is 8.53. The number of thiol groups is 1. The summed E-state index contributed by atoms with van der Waals surface area (Å²) in [5.41, 5.74) is 1.55. The number of rotatable bonds is 5. The molecule has 1 aromatic heterocycles. The van der Waals surface area contributed by atoms with Gasteiger partial charge in [-0.3, -0.25) is 9.78 Å². The van der Waals surface area contributed by atoms with Gasteiger partial charge in [0.25, 0.3) is 5.91 Å². The molecule has 0 aliphatic carbocycles. The molecule has 0 saturated heterocycles. The standard InChI is InChI=1S/C20H16Cl2N4O3S/c1-29-18-7-4-12(19(27)24-14-3-2-8-23-11-14)9-17(18)26(30)20(28)25-13-5-6-15(21)16(22)10-13/h2-11,30H,1H3,(H,24,27)(H,25,28). The van der Waals surface area contributed by atoms with Gasteiger partial charge in [0.05, 0.1) is 34.7 Å². The first-order valence-corrected chi connectivity index (χ1v) is 9.69. The van der Waals surface area contributed by atoms with Crippen LogP contribution in [0.3, 0.4) is 0 Å². The first kappa shape index (κ1) is 21.8. The monoisotopic (exact) mass is 462 g/mol. The second-order valence-corrected chi connectivity index (χ2v) is 7.17. The van der Waals surface area contributed by atoms with Gasteiger partial charge in [-0.05, 0) is 48.5 Å². The molecule has 1 heterocycles. The zero-order valence-corrected chi connectivity index (χ0v) is 18.0. The lowest BCUT2D eigenvalue weighted by molar-refractivity contribution is 0.102. The van der Waals surface area contributed by atoms with E-state index >= 15 is 0 Å². The van der Waals surface area contributed by atoms with Crippen molar-refractivity contribution in [2.24, 2.45) is 0 Å². The number of anilines is 3. The minimum atomic E-state index is -0.583.